The highest BCUT2D eigenvalue weighted by Gasteiger charge is 2.47. The quantitative estimate of drug-likeness (QED) is 0.779. The number of hydrogen-bond donors (Lipinski definition) is 1. The summed E-state index contributed by atoms with van der Waals surface area (Å²) in [5.41, 5.74) is -0.307. The Hall–Kier alpha value is -0.590. The molecule has 1 aliphatic heterocycles. The molecular weight excluding hydrogens is 258 g/mol. The predicted octanol–water partition coefficient (Wildman–Crippen LogP) is 3.56. The molecule has 0 amide bonds. The van der Waals surface area contributed by atoms with Crippen molar-refractivity contribution in [3.8, 4) is 6.07 Å². The van der Waals surface area contributed by atoms with Gasteiger partial charge in [-0.15, -0.1) is 0 Å². The molecule has 0 aromatic carbocycles. The van der Waals surface area contributed by atoms with Crippen molar-refractivity contribution in [2.24, 2.45) is 11.8 Å². The monoisotopic (exact) mass is 291 g/mol. The van der Waals surface area contributed by atoms with Crippen molar-refractivity contribution in [1.29, 1.82) is 5.26 Å². The number of nitriles is 1. The lowest BCUT2D eigenvalue weighted by molar-refractivity contribution is 0.191. The lowest BCUT2D eigenvalue weighted by atomic mass is 9.92. The van der Waals surface area contributed by atoms with Crippen LogP contribution in [0.1, 0.15) is 65.7 Å². The van der Waals surface area contributed by atoms with E-state index >= 15 is 0 Å². The second-order valence-corrected chi connectivity index (χ2v) is 7.52. The number of hydrogen-bond acceptors (Lipinski definition) is 3. The van der Waals surface area contributed by atoms with E-state index in [-0.39, 0.29) is 5.54 Å². The van der Waals surface area contributed by atoms with Gasteiger partial charge in [-0.1, -0.05) is 19.8 Å². The Bertz CT molecular complexity index is 356. The van der Waals surface area contributed by atoms with E-state index in [1.165, 1.54) is 58.0 Å². The molecule has 3 heteroatoms. The van der Waals surface area contributed by atoms with Gasteiger partial charge in [0, 0.05) is 12.6 Å². The molecule has 1 saturated heterocycles. The molecule has 1 aliphatic carbocycles. The Morgan fingerprint density at radius 3 is 2.57 bits per heavy atom. The van der Waals surface area contributed by atoms with Gasteiger partial charge in [0.25, 0.3) is 0 Å². The highest BCUT2D eigenvalue weighted by atomic mass is 15.2. The third kappa shape index (κ3) is 4.69. The van der Waals surface area contributed by atoms with Gasteiger partial charge in [-0.3, -0.25) is 5.32 Å². The summed E-state index contributed by atoms with van der Waals surface area (Å²) < 4.78 is 0. The Morgan fingerprint density at radius 2 is 2.00 bits per heavy atom. The highest BCUT2D eigenvalue weighted by Crippen LogP contribution is 2.40. The van der Waals surface area contributed by atoms with E-state index in [4.69, 9.17) is 0 Å². The average molecular weight is 291 g/mol. The van der Waals surface area contributed by atoms with Crippen LogP contribution in [-0.2, 0) is 0 Å². The summed E-state index contributed by atoms with van der Waals surface area (Å²) in [6.45, 7) is 9.90. The molecule has 0 radical (unpaired) electrons. The van der Waals surface area contributed by atoms with Crippen molar-refractivity contribution in [3.63, 3.8) is 0 Å². The minimum atomic E-state index is -0.307. The van der Waals surface area contributed by atoms with Crippen LogP contribution in [0, 0.1) is 23.2 Å². The van der Waals surface area contributed by atoms with E-state index in [0.29, 0.717) is 12.0 Å². The maximum Gasteiger partial charge on any atom is 0.122 e. The van der Waals surface area contributed by atoms with Gasteiger partial charge in [-0.05, 0) is 70.9 Å². The van der Waals surface area contributed by atoms with E-state index in [0.717, 1.165) is 12.5 Å². The smallest absolute Gasteiger partial charge is 0.122 e. The van der Waals surface area contributed by atoms with Gasteiger partial charge < -0.3 is 4.90 Å². The summed E-state index contributed by atoms with van der Waals surface area (Å²) in [5, 5.41) is 13.4. The second kappa shape index (κ2) is 7.61. The molecule has 21 heavy (non-hydrogen) atoms. The van der Waals surface area contributed by atoms with E-state index in [9.17, 15) is 5.26 Å². The first-order valence-corrected chi connectivity index (χ1v) is 9.01. The highest BCUT2D eigenvalue weighted by molar-refractivity contribution is 5.17. The fraction of sp³-hybridized carbons (Fsp3) is 0.944. The molecule has 2 unspecified atom stereocenters. The standard InChI is InChI=1S/C18H33N3/c1-4-6-16-7-5-11-21(12-10-16)14-18(13-19,17-8-9-17)20-15(2)3/h15-17,20H,4-12,14H2,1-3H3. The normalized spacial score (nSPS) is 27.1. The van der Waals surface area contributed by atoms with Crippen LogP contribution in [0.25, 0.3) is 0 Å². The van der Waals surface area contributed by atoms with Crippen LogP contribution in [0.15, 0.2) is 0 Å². The zero-order chi connectivity index (χ0) is 15.3. The van der Waals surface area contributed by atoms with Crippen molar-refractivity contribution < 1.29 is 0 Å². The Labute approximate surface area is 131 Å². The molecule has 0 spiro atoms. The first-order chi connectivity index (χ1) is 10.1. The Morgan fingerprint density at radius 1 is 1.24 bits per heavy atom. The molecule has 120 valence electrons. The van der Waals surface area contributed by atoms with Crippen molar-refractivity contribution >= 4 is 0 Å². The molecule has 0 aromatic heterocycles. The molecule has 1 N–H and O–H groups in total. The molecule has 2 rings (SSSR count). The topological polar surface area (TPSA) is 39.1 Å². The first-order valence-electron chi connectivity index (χ1n) is 9.01. The minimum Gasteiger partial charge on any atom is -0.300 e. The van der Waals surface area contributed by atoms with Crippen LogP contribution in [-0.4, -0.2) is 36.1 Å². The zero-order valence-corrected chi connectivity index (χ0v) is 14.2. The van der Waals surface area contributed by atoms with E-state index in [1.54, 1.807) is 0 Å². The van der Waals surface area contributed by atoms with Crippen LogP contribution >= 0.6 is 0 Å². The Kier molecular flexibility index (Phi) is 6.08. The van der Waals surface area contributed by atoms with E-state index in [2.05, 4.69) is 37.1 Å². The Balaban J connectivity index is 1.95. The van der Waals surface area contributed by atoms with Gasteiger partial charge in [0.2, 0.25) is 0 Å². The van der Waals surface area contributed by atoms with Crippen molar-refractivity contribution in [2.45, 2.75) is 77.3 Å². The zero-order valence-electron chi connectivity index (χ0n) is 14.2. The molecule has 0 aromatic rings. The van der Waals surface area contributed by atoms with Crippen LogP contribution in [0.3, 0.4) is 0 Å². The summed E-state index contributed by atoms with van der Waals surface area (Å²) >= 11 is 0. The van der Waals surface area contributed by atoms with E-state index in [1.807, 2.05) is 0 Å². The lowest BCUT2D eigenvalue weighted by Crippen LogP contribution is -2.56. The maximum atomic E-state index is 9.83. The van der Waals surface area contributed by atoms with Crippen LogP contribution in [0.5, 0.6) is 0 Å². The van der Waals surface area contributed by atoms with Crippen LogP contribution < -0.4 is 5.32 Å². The molecule has 0 bridgehead atoms. The number of nitrogens with one attached hydrogen (secondary N) is 1. The van der Waals surface area contributed by atoms with Gasteiger partial charge in [0.05, 0.1) is 6.07 Å². The largest absolute Gasteiger partial charge is 0.300 e. The molecule has 1 heterocycles. The summed E-state index contributed by atoms with van der Waals surface area (Å²) in [6.07, 6.45) is 9.14. The number of nitrogens with zero attached hydrogens (tertiary/aromatic N) is 2. The lowest BCUT2D eigenvalue weighted by Gasteiger charge is -2.35. The van der Waals surface area contributed by atoms with Crippen molar-refractivity contribution in [1.82, 2.24) is 10.2 Å². The molecule has 2 aliphatic rings. The van der Waals surface area contributed by atoms with Crippen molar-refractivity contribution in [2.75, 3.05) is 19.6 Å². The summed E-state index contributed by atoms with van der Waals surface area (Å²) in [6, 6.07) is 3.04. The van der Waals surface area contributed by atoms with E-state index < -0.39 is 0 Å². The maximum absolute atomic E-state index is 9.83. The first kappa shape index (κ1) is 16.8. The molecule has 1 saturated carbocycles. The molecule has 3 nitrogen and oxygen atoms in total. The van der Waals surface area contributed by atoms with Gasteiger partial charge in [-0.25, -0.2) is 0 Å². The molecule has 2 fully saturated rings. The van der Waals surface area contributed by atoms with Crippen LogP contribution in [0.4, 0.5) is 0 Å². The van der Waals surface area contributed by atoms with Gasteiger partial charge >= 0.3 is 0 Å². The summed E-state index contributed by atoms with van der Waals surface area (Å²) in [7, 11) is 0. The SMILES string of the molecule is CCCC1CCCN(CC(C#N)(NC(C)C)C2CC2)CC1. The third-order valence-electron chi connectivity index (χ3n) is 5.13. The third-order valence-corrected chi connectivity index (χ3v) is 5.13. The second-order valence-electron chi connectivity index (χ2n) is 7.52. The van der Waals surface area contributed by atoms with Gasteiger partial charge in [0.1, 0.15) is 5.54 Å². The van der Waals surface area contributed by atoms with Gasteiger partial charge in [0.15, 0.2) is 0 Å². The minimum absolute atomic E-state index is 0.307. The molecular formula is C18H33N3. The summed E-state index contributed by atoms with van der Waals surface area (Å²) in [5.74, 6) is 1.48. The van der Waals surface area contributed by atoms with Gasteiger partial charge in [-0.2, -0.15) is 5.26 Å². The van der Waals surface area contributed by atoms with Crippen LogP contribution in [0.2, 0.25) is 0 Å². The molecule has 2 atom stereocenters. The predicted molar refractivity (Wildman–Crippen MR) is 88.0 cm³/mol. The summed E-state index contributed by atoms with van der Waals surface area (Å²) in [4.78, 5) is 2.56. The fourth-order valence-corrected chi connectivity index (χ4v) is 3.98. The number of rotatable bonds is 7. The average Bonchev–Trinajstić information content (AvgIpc) is 3.26. The fourth-order valence-electron chi connectivity index (χ4n) is 3.98. The van der Waals surface area contributed by atoms with Crippen molar-refractivity contribution in [3.05, 3.63) is 0 Å². The number of likely N-dealkylation sites (tertiary alicyclic amines) is 1.